The first-order valence-electron chi connectivity index (χ1n) is 9.19. The SMILES string of the molecule is O=CN1c2ccccc2N(Cc2ccccc2)CC1CN1CCCC1. The van der Waals surface area contributed by atoms with Crippen molar-refractivity contribution in [2.45, 2.75) is 25.4 Å². The molecule has 2 aromatic carbocycles. The molecule has 2 heterocycles. The van der Waals surface area contributed by atoms with Gasteiger partial charge < -0.3 is 14.7 Å². The van der Waals surface area contributed by atoms with Crippen LogP contribution < -0.4 is 9.80 Å². The van der Waals surface area contributed by atoms with Gasteiger partial charge in [-0.05, 0) is 43.6 Å². The first-order valence-corrected chi connectivity index (χ1v) is 9.19. The van der Waals surface area contributed by atoms with Gasteiger partial charge in [0.1, 0.15) is 0 Å². The van der Waals surface area contributed by atoms with Crippen LogP contribution in [0, 0.1) is 0 Å². The lowest BCUT2D eigenvalue weighted by Crippen LogP contribution is -2.53. The Kier molecular flexibility index (Phi) is 4.70. The maximum Gasteiger partial charge on any atom is 0.214 e. The third-order valence-corrected chi connectivity index (χ3v) is 5.32. The van der Waals surface area contributed by atoms with Crippen molar-refractivity contribution >= 4 is 17.8 Å². The van der Waals surface area contributed by atoms with Gasteiger partial charge in [0.25, 0.3) is 0 Å². The average Bonchev–Trinajstić information content (AvgIpc) is 3.16. The summed E-state index contributed by atoms with van der Waals surface area (Å²) < 4.78 is 0. The molecule has 0 aliphatic carbocycles. The first kappa shape index (κ1) is 16.2. The van der Waals surface area contributed by atoms with Crippen LogP contribution in [0.25, 0.3) is 0 Å². The number of para-hydroxylation sites is 2. The molecule has 0 bridgehead atoms. The lowest BCUT2D eigenvalue weighted by molar-refractivity contribution is -0.108. The van der Waals surface area contributed by atoms with Crippen LogP contribution in [0.3, 0.4) is 0 Å². The second-order valence-electron chi connectivity index (χ2n) is 7.03. The molecule has 1 atom stereocenters. The van der Waals surface area contributed by atoms with Crippen molar-refractivity contribution in [3.8, 4) is 0 Å². The number of likely N-dealkylation sites (tertiary alicyclic amines) is 1. The molecular weight excluding hydrogens is 310 g/mol. The van der Waals surface area contributed by atoms with Crippen LogP contribution in [-0.2, 0) is 11.3 Å². The number of carbonyl (C=O) groups is 1. The van der Waals surface area contributed by atoms with Gasteiger partial charge in [0.2, 0.25) is 6.41 Å². The van der Waals surface area contributed by atoms with Crippen molar-refractivity contribution < 1.29 is 4.79 Å². The largest absolute Gasteiger partial charge is 0.363 e. The Balaban J connectivity index is 1.62. The lowest BCUT2D eigenvalue weighted by Gasteiger charge is -2.43. The van der Waals surface area contributed by atoms with Crippen LogP contribution in [0.1, 0.15) is 18.4 Å². The van der Waals surface area contributed by atoms with E-state index in [1.807, 2.05) is 11.0 Å². The molecular formula is C21H25N3O. The molecule has 25 heavy (non-hydrogen) atoms. The summed E-state index contributed by atoms with van der Waals surface area (Å²) in [5.74, 6) is 0. The number of fused-ring (bicyclic) bond motifs is 1. The Bertz CT molecular complexity index is 712. The molecule has 2 aliphatic rings. The molecule has 4 heteroatoms. The van der Waals surface area contributed by atoms with Gasteiger partial charge in [-0.2, -0.15) is 0 Å². The van der Waals surface area contributed by atoms with Gasteiger partial charge in [0.15, 0.2) is 0 Å². The van der Waals surface area contributed by atoms with Gasteiger partial charge >= 0.3 is 0 Å². The van der Waals surface area contributed by atoms with Crippen molar-refractivity contribution in [1.29, 1.82) is 0 Å². The third-order valence-electron chi connectivity index (χ3n) is 5.32. The third kappa shape index (κ3) is 3.40. The number of hydrogen-bond donors (Lipinski definition) is 0. The number of carbonyl (C=O) groups excluding carboxylic acids is 1. The number of nitrogens with zero attached hydrogens (tertiary/aromatic N) is 3. The van der Waals surface area contributed by atoms with Crippen LogP contribution in [0.2, 0.25) is 0 Å². The highest BCUT2D eigenvalue weighted by Crippen LogP contribution is 2.35. The van der Waals surface area contributed by atoms with E-state index in [4.69, 9.17) is 0 Å². The molecule has 1 fully saturated rings. The first-order chi connectivity index (χ1) is 12.3. The summed E-state index contributed by atoms with van der Waals surface area (Å²) in [6.07, 6.45) is 3.57. The highest BCUT2D eigenvalue weighted by molar-refractivity contribution is 5.86. The fourth-order valence-corrected chi connectivity index (χ4v) is 4.09. The van der Waals surface area contributed by atoms with Gasteiger partial charge in [0, 0.05) is 19.6 Å². The summed E-state index contributed by atoms with van der Waals surface area (Å²) >= 11 is 0. The van der Waals surface area contributed by atoms with E-state index in [2.05, 4.69) is 58.3 Å². The van der Waals surface area contributed by atoms with Crippen molar-refractivity contribution in [2.24, 2.45) is 0 Å². The molecule has 0 saturated carbocycles. The van der Waals surface area contributed by atoms with Gasteiger partial charge in [-0.15, -0.1) is 0 Å². The van der Waals surface area contributed by atoms with Gasteiger partial charge in [-0.1, -0.05) is 42.5 Å². The molecule has 0 spiro atoms. The fourth-order valence-electron chi connectivity index (χ4n) is 4.09. The minimum atomic E-state index is 0.203. The van der Waals surface area contributed by atoms with Crippen molar-refractivity contribution in [3.05, 3.63) is 60.2 Å². The van der Waals surface area contributed by atoms with E-state index >= 15 is 0 Å². The molecule has 4 rings (SSSR count). The number of hydrogen-bond acceptors (Lipinski definition) is 3. The summed E-state index contributed by atoms with van der Waals surface area (Å²) in [7, 11) is 0. The van der Waals surface area contributed by atoms with Crippen LogP contribution in [0.15, 0.2) is 54.6 Å². The molecule has 0 radical (unpaired) electrons. The minimum absolute atomic E-state index is 0.203. The molecule has 2 aliphatic heterocycles. The fraction of sp³-hybridized carbons (Fsp3) is 0.381. The molecule has 1 unspecified atom stereocenters. The van der Waals surface area contributed by atoms with Gasteiger partial charge in [0.05, 0.1) is 17.4 Å². The molecule has 1 amide bonds. The van der Waals surface area contributed by atoms with Crippen LogP contribution in [-0.4, -0.2) is 43.5 Å². The molecule has 0 aromatic heterocycles. The zero-order valence-electron chi connectivity index (χ0n) is 14.6. The topological polar surface area (TPSA) is 26.8 Å². The Morgan fingerprint density at radius 3 is 2.32 bits per heavy atom. The second kappa shape index (κ2) is 7.28. The standard InChI is InChI=1S/C21H25N3O/c25-17-24-19(15-22-12-6-7-13-22)16-23(14-18-8-2-1-3-9-18)20-10-4-5-11-21(20)24/h1-5,8-11,17,19H,6-7,12-16H2. The Hall–Kier alpha value is -2.33. The van der Waals surface area contributed by atoms with E-state index in [-0.39, 0.29) is 6.04 Å². The summed E-state index contributed by atoms with van der Waals surface area (Å²) in [4.78, 5) is 18.7. The molecule has 4 nitrogen and oxygen atoms in total. The quantitative estimate of drug-likeness (QED) is 0.786. The maximum atomic E-state index is 11.9. The Morgan fingerprint density at radius 1 is 0.920 bits per heavy atom. The van der Waals surface area contributed by atoms with Crippen LogP contribution in [0.5, 0.6) is 0 Å². The normalized spacial score (nSPS) is 20.6. The summed E-state index contributed by atoms with van der Waals surface area (Å²) in [6, 6.07) is 19.0. The van der Waals surface area contributed by atoms with Gasteiger partial charge in [-0.3, -0.25) is 4.79 Å². The van der Waals surface area contributed by atoms with E-state index in [9.17, 15) is 4.79 Å². The number of amides is 1. The van der Waals surface area contributed by atoms with E-state index in [1.54, 1.807) is 0 Å². The minimum Gasteiger partial charge on any atom is -0.363 e. The van der Waals surface area contributed by atoms with Crippen molar-refractivity contribution in [2.75, 3.05) is 36.0 Å². The predicted octanol–water partition coefficient (Wildman–Crippen LogP) is 3.13. The predicted molar refractivity (Wildman–Crippen MR) is 102 cm³/mol. The summed E-state index contributed by atoms with van der Waals surface area (Å²) in [5.41, 5.74) is 3.48. The second-order valence-corrected chi connectivity index (χ2v) is 7.03. The summed E-state index contributed by atoms with van der Waals surface area (Å²) in [6.45, 7) is 5.02. The monoisotopic (exact) mass is 335 g/mol. The highest BCUT2D eigenvalue weighted by atomic mass is 16.1. The average molecular weight is 335 g/mol. The zero-order valence-corrected chi connectivity index (χ0v) is 14.6. The van der Waals surface area contributed by atoms with E-state index in [1.165, 1.54) is 18.4 Å². The van der Waals surface area contributed by atoms with E-state index < -0.39 is 0 Å². The number of benzene rings is 2. The number of anilines is 2. The Labute approximate surface area is 149 Å². The molecule has 2 aromatic rings. The Morgan fingerprint density at radius 2 is 1.60 bits per heavy atom. The van der Waals surface area contributed by atoms with Crippen molar-refractivity contribution in [3.63, 3.8) is 0 Å². The molecule has 0 N–H and O–H groups in total. The highest BCUT2D eigenvalue weighted by Gasteiger charge is 2.32. The van der Waals surface area contributed by atoms with Crippen LogP contribution in [0.4, 0.5) is 11.4 Å². The molecule has 130 valence electrons. The number of rotatable bonds is 5. The van der Waals surface area contributed by atoms with Crippen LogP contribution >= 0.6 is 0 Å². The zero-order chi connectivity index (χ0) is 17.1. The molecule has 1 saturated heterocycles. The maximum absolute atomic E-state index is 11.9. The van der Waals surface area contributed by atoms with E-state index in [0.717, 1.165) is 50.5 Å². The lowest BCUT2D eigenvalue weighted by atomic mass is 10.1. The van der Waals surface area contributed by atoms with Crippen molar-refractivity contribution in [1.82, 2.24) is 4.90 Å². The summed E-state index contributed by atoms with van der Waals surface area (Å²) in [5, 5.41) is 0. The van der Waals surface area contributed by atoms with Gasteiger partial charge in [-0.25, -0.2) is 0 Å². The smallest absolute Gasteiger partial charge is 0.214 e. The van der Waals surface area contributed by atoms with E-state index in [0.29, 0.717) is 0 Å².